The van der Waals surface area contributed by atoms with E-state index < -0.39 is 0 Å². The lowest BCUT2D eigenvalue weighted by Crippen LogP contribution is -2.33. The fraction of sp³-hybridized carbons (Fsp3) is 0.727. The van der Waals surface area contributed by atoms with Crippen molar-refractivity contribution in [2.45, 2.75) is 32.4 Å². The monoisotopic (exact) mass is 255 g/mol. The maximum absolute atomic E-state index is 12.0. The fourth-order valence-electron chi connectivity index (χ4n) is 1.78. The zero-order chi connectivity index (χ0) is 12.3. The van der Waals surface area contributed by atoms with E-state index in [0.29, 0.717) is 13.0 Å². The quantitative estimate of drug-likeness (QED) is 0.806. The first-order valence-corrected chi connectivity index (χ1v) is 6.94. The van der Waals surface area contributed by atoms with Crippen molar-refractivity contribution in [3.05, 3.63) is 12.2 Å². The van der Waals surface area contributed by atoms with Crippen LogP contribution < -0.4 is 0 Å². The number of rotatable bonds is 4. The molecule has 94 valence electrons. The van der Waals surface area contributed by atoms with Crippen molar-refractivity contribution >= 4 is 17.5 Å². The smallest absolute Gasteiger partial charge is 0.169 e. The van der Waals surface area contributed by atoms with Crippen molar-refractivity contribution < 1.29 is 9.53 Å². The average Bonchev–Trinajstić information content (AvgIpc) is 2.78. The van der Waals surface area contributed by atoms with Gasteiger partial charge in [0.2, 0.25) is 0 Å². The summed E-state index contributed by atoms with van der Waals surface area (Å²) in [6, 6.07) is 0.224. The highest BCUT2D eigenvalue weighted by atomic mass is 32.2. The molecule has 0 spiro atoms. The summed E-state index contributed by atoms with van der Waals surface area (Å²) in [4.78, 5) is 16.2. The molecule has 0 bridgehead atoms. The van der Waals surface area contributed by atoms with E-state index in [0.717, 1.165) is 17.3 Å². The van der Waals surface area contributed by atoms with Crippen molar-refractivity contribution in [2.24, 2.45) is 0 Å². The van der Waals surface area contributed by atoms with Crippen LogP contribution in [0.5, 0.6) is 0 Å². The molecule has 0 aliphatic carbocycles. The third-order valence-corrected chi connectivity index (χ3v) is 3.64. The van der Waals surface area contributed by atoms with Crippen LogP contribution in [-0.4, -0.2) is 44.8 Å². The van der Waals surface area contributed by atoms with Crippen LogP contribution in [0, 0.1) is 0 Å². The van der Waals surface area contributed by atoms with Gasteiger partial charge in [-0.25, -0.2) is 9.67 Å². The highest BCUT2D eigenvalue weighted by molar-refractivity contribution is 7.99. The Morgan fingerprint density at radius 3 is 3.18 bits per heavy atom. The molecule has 5 nitrogen and oxygen atoms in total. The number of ether oxygens (including phenoxy) is 1. The number of hydrogen-bond acceptors (Lipinski definition) is 5. The molecule has 0 N–H and O–H groups in total. The molecule has 1 fully saturated rings. The van der Waals surface area contributed by atoms with Crippen molar-refractivity contribution in [3.63, 3.8) is 0 Å². The molecule has 0 amide bonds. The Morgan fingerprint density at radius 1 is 1.71 bits per heavy atom. The highest BCUT2D eigenvalue weighted by Gasteiger charge is 2.24. The molecule has 1 aliphatic rings. The number of nitrogens with zero attached hydrogens (tertiary/aromatic N) is 3. The molecule has 2 heterocycles. The summed E-state index contributed by atoms with van der Waals surface area (Å²) in [5.41, 5.74) is 0. The molecule has 1 unspecified atom stereocenters. The SMILES string of the molecule is CC(C)n1ncnc1CC(=O)C1CSCCO1. The van der Waals surface area contributed by atoms with Gasteiger partial charge in [-0.2, -0.15) is 16.9 Å². The number of carbonyl (C=O) groups is 1. The van der Waals surface area contributed by atoms with Gasteiger partial charge < -0.3 is 4.74 Å². The first-order valence-electron chi connectivity index (χ1n) is 5.79. The molecule has 0 aromatic carbocycles. The maximum atomic E-state index is 12.0. The Hall–Kier alpha value is -0.880. The minimum absolute atomic E-state index is 0.104. The van der Waals surface area contributed by atoms with Crippen LogP contribution in [-0.2, 0) is 16.0 Å². The van der Waals surface area contributed by atoms with E-state index in [2.05, 4.69) is 10.1 Å². The van der Waals surface area contributed by atoms with Crippen molar-refractivity contribution in [1.82, 2.24) is 14.8 Å². The van der Waals surface area contributed by atoms with Gasteiger partial charge in [0.05, 0.1) is 13.0 Å². The molecule has 0 radical (unpaired) electrons. The van der Waals surface area contributed by atoms with E-state index in [4.69, 9.17) is 4.74 Å². The molecule has 1 aromatic heterocycles. The van der Waals surface area contributed by atoms with Gasteiger partial charge in [0.1, 0.15) is 18.3 Å². The molecule has 17 heavy (non-hydrogen) atoms. The van der Waals surface area contributed by atoms with Crippen molar-refractivity contribution in [1.29, 1.82) is 0 Å². The van der Waals surface area contributed by atoms with Crippen molar-refractivity contribution in [2.75, 3.05) is 18.1 Å². The van der Waals surface area contributed by atoms with Gasteiger partial charge in [-0.15, -0.1) is 0 Å². The van der Waals surface area contributed by atoms with Gasteiger partial charge in [0.15, 0.2) is 5.78 Å². The Labute approximate surface area is 105 Å². The Bertz CT molecular complexity index is 386. The molecule has 1 aliphatic heterocycles. The summed E-state index contributed by atoms with van der Waals surface area (Å²) in [5.74, 6) is 2.57. The van der Waals surface area contributed by atoms with E-state index in [9.17, 15) is 4.79 Å². The molecular formula is C11H17N3O2S. The Balaban J connectivity index is 1.99. The standard InChI is InChI=1S/C11H17N3O2S/c1-8(2)14-11(12-7-13-14)5-9(15)10-6-17-4-3-16-10/h7-8,10H,3-6H2,1-2H3. The number of carbonyl (C=O) groups excluding carboxylic acids is 1. The lowest BCUT2D eigenvalue weighted by atomic mass is 10.2. The van der Waals surface area contributed by atoms with Crippen LogP contribution in [0.1, 0.15) is 25.7 Å². The van der Waals surface area contributed by atoms with Crippen molar-refractivity contribution in [3.8, 4) is 0 Å². The van der Waals surface area contributed by atoms with Gasteiger partial charge in [-0.3, -0.25) is 4.79 Å². The number of Topliss-reactive ketones (excluding diaryl/α,β-unsaturated/α-hetero) is 1. The van der Waals surface area contributed by atoms with Gasteiger partial charge in [-0.05, 0) is 13.8 Å². The first-order chi connectivity index (χ1) is 8.18. The minimum atomic E-state index is -0.272. The summed E-state index contributed by atoms with van der Waals surface area (Å²) in [6.45, 7) is 4.71. The Morgan fingerprint density at radius 2 is 2.53 bits per heavy atom. The lowest BCUT2D eigenvalue weighted by molar-refractivity contribution is -0.128. The summed E-state index contributed by atoms with van der Waals surface area (Å²) < 4.78 is 7.25. The predicted molar refractivity (Wildman–Crippen MR) is 66.2 cm³/mol. The maximum Gasteiger partial charge on any atom is 0.169 e. The van der Waals surface area contributed by atoms with Crippen LogP contribution >= 0.6 is 11.8 Å². The second-order valence-electron chi connectivity index (χ2n) is 4.29. The Kier molecular flexibility index (Phi) is 4.17. The third-order valence-electron chi connectivity index (χ3n) is 2.64. The van der Waals surface area contributed by atoms with Crippen LogP contribution in [0.15, 0.2) is 6.33 Å². The summed E-state index contributed by atoms with van der Waals surface area (Å²) in [6.07, 6.45) is 1.54. The number of ketones is 1. The molecule has 1 saturated heterocycles. The highest BCUT2D eigenvalue weighted by Crippen LogP contribution is 2.15. The van der Waals surface area contributed by atoms with Gasteiger partial charge in [0.25, 0.3) is 0 Å². The number of thioether (sulfide) groups is 1. The molecule has 6 heteroatoms. The summed E-state index contributed by atoms with van der Waals surface area (Å²) >= 11 is 1.77. The van der Waals surface area contributed by atoms with E-state index in [1.807, 2.05) is 13.8 Å². The second kappa shape index (κ2) is 5.64. The van der Waals surface area contributed by atoms with E-state index in [1.54, 1.807) is 16.4 Å². The second-order valence-corrected chi connectivity index (χ2v) is 5.44. The lowest BCUT2D eigenvalue weighted by Gasteiger charge is -2.21. The summed E-state index contributed by atoms with van der Waals surface area (Å²) in [7, 11) is 0. The van der Waals surface area contributed by atoms with Crippen LogP contribution in [0.2, 0.25) is 0 Å². The van der Waals surface area contributed by atoms with Gasteiger partial charge in [-0.1, -0.05) is 0 Å². The zero-order valence-electron chi connectivity index (χ0n) is 10.1. The average molecular weight is 255 g/mol. The van der Waals surface area contributed by atoms with Crippen LogP contribution in [0.25, 0.3) is 0 Å². The minimum Gasteiger partial charge on any atom is -0.369 e. The largest absolute Gasteiger partial charge is 0.369 e. The molecule has 1 aromatic rings. The van der Waals surface area contributed by atoms with E-state index in [-0.39, 0.29) is 17.9 Å². The predicted octanol–water partition coefficient (Wildman–Crippen LogP) is 1.10. The molecule has 0 saturated carbocycles. The first kappa shape index (κ1) is 12.6. The normalized spacial score (nSPS) is 20.8. The van der Waals surface area contributed by atoms with E-state index >= 15 is 0 Å². The third kappa shape index (κ3) is 3.07. The summed E-state index contributed by atoms with van der Waals surface area (Å²) in [5, 5.41) is 4.12. The number of hydrogen-bond donors (Lipinski definition) is 0. The van der Waals surface area contributed by atoms with Gasteiger partial charge in [0, 0.05) is 17.5 Å². The zero-order valence-corrected chi connectivity index (χ0v) is 10.9. The molecule has 2 rings (SSSR count). The van der Waals surface area contributed by atoms with Gasteiger partial charge >= 0.3 is 0 Å². The number of aromatic nitrogens is 3. The van der Waals surface area contributed by atoms with Crippen LogP contribution in [0.4, 0.5) is 0 Å². The fourth-order valence-corrected chi connectivity index (χ4v) is 2.65. The topological polar surface area (TPSA) is 57.0 Å². The molecular weight excluding hydrogens is 238 g/mol. The van der Waals surface area contributed by atoms with Crippen LogP contribution in [0.3, 0.4) is 0 Å². The van der Waals surface area contributed by atoms with E-state index in [1.165, 1.54) is 6.33 Å². The molecule has 1 atom stereocenters.